The summed E-state index contributed by atoms with van der Waals surface area (Å²) in [5.74, 6) is 0.941. The van der Waals surface area contributed by atoms with E-state index in [0.29, 0.717) is 11.6 Å². The van der Waals surface area contributed by atoms with Crippen LogP contribution in [0.3, 0.4) is 0 Å². The number of furan rings is 1. The molecule has 1 aromatic carbocycles. The maximum absolute atomic E-state index is 11.4. The summed E-state index contributed by atoms with van der Waals surface area (Å²) in [5, 5.41) is 6.02. The number of anilines is 1. The molecular weight excluding hydrogens is 252 g/mol. The van der Waals surface area contributed by atoms with Gasteiger partial charge in [0, 0.05) is 30.8 Å². The molecule has 0 saturated heterocycles. The van der Waals surface area contributed by atoms with Gasteiger partial charge in [-0.1, -0.05) is 0 Å². The van der Waals surface area contributed by atoms with Crippen LogP contribution in [-0.4, -0.2) is 19.0 Å². The predicted octanol–water partition coefficient (Wildman–Crippen LogP) is 3.07. The van der Waals surface area contributed by atoms with Crippen molar-refractivity contribution >= 4 is 11.6 Å². The van der Waals surface area contributed by atoms with Gasteiger partial charge >= 0.3 is 0 Å². The first-order valence-corrected chi connectivity index (χ1v) is 6.80. The van der Waals surface area contributed by atoms with E-state index in [1.165, 1.54) is 0 Å². The summed E-state index contributed by atoms with van der Waals surface area (Å²) in [6.45, 7) is 2.13. The van der Waals surface area contributed by atoms with E-state index in [1.807, 2.05) is 36.4 Å². The maximum atomic E-state index is 11.4. The van der Waals surface area contributed by atoms with Crippen molar-refractivity contribution in [2.45, 2.75) is 25.8 Å². The van der Waals surface area contributed by atoms with E-state index in [1.54, 1.807) is 13.3 Å². The highest BCUT2D eigenvalue weighted by Crippen LogP contribution is 2.13. The second kappa shape index (κ2) is 6.80. The fourth-order valence-corrected chi connectivity index (χ4v) is 2.03. The zero-order valence-electron chi connectivity index (χ0n) is 11.8. The summed E-state index contributed by atoms with van der Waals surface area (Å²) in [5.41, 5.74) is 1.69. The Balaban J connectivity index is 1.84. The number of benzene rings is 1. The second-order valence-corrected chi connectivity index (χ2v) is 4.82. The van der Waals surface area contributed by atoms with Crippen molar-refractivity contribution < 1.29 is 9.21 Å². The number of nitrogens with one attached hydrogen (secondary N) is 2. The minimum Gasteiger partial charge on any atom is -0.469 e. The van der Waals surface area contributed by atoms with Crippen LogP contribution in [0.4, 0.5) is 5.69 Å². The molecule has 2 N–H and O–H groups in total. The molecule has 0 aliphatic heterocycles. The number of rotatable bonds is 6. The van der Waals surface area contributed by atoms with Gasteiger partial charge in [0.2, 0.25) is 0 Å². The predicted molar refractivity (Wildman–Crippen MR) is 79.9 cm³/mol. The van der Waals surface area contributed by atoms with Crippen LogP contribution in [0.15, 0.2) is 47.1 Å². The zero-order valence-corrected chi connectivity index (χ0v) is 11.8. The van der Waals surface area contributed by atoms with Gasteiger partial charge in [-0.25, -0.2) is 0 Å². The Morgan fingerprint density at radius 3 is 2.60 bits per heavy atom. The zero-order chi connectivity index (χ0) is 14.4. The van der Waals surface area contributed by atoms with Gasteiger partial charge in [-0.2, -0.15) is 0 Å². The quantitative estimate of drug-likeness (QED) is 0.849. The van der Waals surface area contributed by atoms with Crippen molar-refractivity contribution in [3.8, 4) is 0 Å². The summed E-state index contributed by atoms with van der Waals surface area (Å²) < 4.78 is 5.32. The van der Waals surface area contributed by atoms with Crippen LogP contribution in [-0.2, 0) is 6.42 Å². The Kier molecular flexibility index (Phi) is 4.82. The van der Waals surface area contributed by atoms with Gasteiger partial charge in [0.1, 0.15) is 5.76 Å². The maximum Gasteiger partial charge on any atom is 0.251 e. The molecule has 0 aliphatic rings. The van der Waals surface area contributed by atoms with Crippen LogP contribution in [0.1, 0.15) is 29.5 Å². The van der Waals surface area contributed by atoms with E-state index in [9.17, 15) is 4.79 Å². The molecule has 1 atom stereocenters. The average molecular weight is 272 g/mol. The Bertz CT molecular complexity index is 532. The third-order valence-electron chi connectivity index (χ3n) is 3.19. The van der Waals surface area contributed by atoms with Crippen LogP contribution in [0.2, 0.25) is 0 Å². The SMILES string of the molecule is CNC(=O)c1ccc(NC(C)CCc2ccco2)cc1. The van der Waals surface area contributed by atoms with E-state index in [0.717, 1.165) is 24.3 Å². The fraction of sp³-hybridized carbons (Fsp3) is 0.312. The Morgan fingerprint density at radius 1 is 1.25 bits per heavy atom. The van der Waals surface area contributed by atoms with Crippen molar-refractivity contribution in [1.29, 1.82) is 0 Å². The molecule has 20 heavy (non-hydrogen) atoms. The summed E-state index contributed by atoms with van der Waals surface area (Å²) in [4.78, 5) is 11.4. The number of aryl methyl sites for hydroxylation is 1. The highest BCUT2D eigenvalue weighted by atomic mass is 16.3. The topological polar surface area (TPSA) is 54.3 Å². The Labute approximate surface area is 119 Å². The van der Waals surface area contributed by atoms with Gasteiger partial charge in [0.05, 0.1) is 6.26 Å². The van der Waals surface area contributed by atoms with Gasteiger partial charge in [-0.3, -0.25) is 4.79 Å². The van der Waals surface area contributed by atoms with Crippen molar-refractivity contribution in [2.75, 3.05) is 12.4 Å². The van der Waals surface area contributed by atoms with Crippen molar-refractivity contribution in [2.24, 2.45) is 0 Å². The van der Waals surface area contributed by atoms with Crippen LogP contribution >= 0.6 is 0 Å². The molecule has 0 fully saturated rings. The molecule has 0 bridgehead atoms. The first-order valence-electron chi connectivity index (χ1n) is 6.80. The number of hydrogen-bond donors (Lipinski definition) is 2. The van der Waals surface area contributed by atoms with E-state index in [2.05, 4.69) is 17.6 Å². The molecule has 1 unspecified atom stereocenters. The van der Waals surface area contributed by atoms with Crippen LogP contribution in [0, 0.1) is 0 Å². The molecular formula is C16H20N2O2. The number of amides is 1. The molecule has 4 nitrogen and oxygen atoms in total. The van der Waals surface area contributed by atoms with Gasteiger partial charge in [-0.05, 0) is 49.7 Å². The summed E-state index contributed by atoms with van der Waals surface area (Å²) in [6.07, 6.45) is 3.60. The summed E-state index contributed by atoms with van der Waals surface area (Å²) >= 11 is 0. The molecule has 4 heteroatoms. The third kappa shape index (κ3) is 3.88. The van der Waals surface area contributed by atoms with E-state index in [-0.39, 0.29) is 5.91 Å². The largest absolute Gasteiger partial charge is 0.469 e. The molecule has 1 aromatic heterocycles. The van der Waals surface area contributed by atoms with Gasteiger partial charge in [0.15, 0.2) is 0 Å². The second-order valence-electron chi connectivity index (χ2n) is 4.82. The van der Waals surface area contributed by atoms with E-state index >= 15 is 0 Å². The minimum absolute atomic E-state index is 0.0672. The molecule has 1 heterocycles. The molecule has 0 saturated carbocycles. The van der Waals surface area contributed by atoms with E-state index < -0.39 is 0 Å². The van der Waals surface area contributed by atoms with Crippen LogP contribution in [0.5, 0.6) is 0 Å². The smallest absolute Gasteiger partial charge is 0.251 e. The number of hydrogen-bond acceptors (Lipinski definition) is 3. The molecule has 106 valence electrons. The Morgan fingerprint density at radius 2 is 2.00 bits per heavy atom. The summed E-state index contributed by atoms with van der Waals surface area (Å²) in [7, 11) is 1.63. The number of carbonyl (C=O) groups excluding carboxylic acids is 1. The first-order chi connectivity index (χ1) is 9.69. The monoisotopic (exact) mass is 272 g/mol. The lowest BCUT2D eigenvalue weighted by molar-refractivity contribution is 0.0963. The van der Waals surface area contributed by atoms with Crippen molar-refractivity contribution in [3.63, 3.8) is 0 Å². The molecule has 0 radical (unpaired) electrons. The highest BCUT2D eigenvalue weighted by molar-refractivity contribution is 5.94. The Hall–Kier alpha value is -2.23. The third-order valence-corrected chi connectivity index (χ3v) is 3.19. The minimum atomic E-state index is -0.0672. The molecule has 2 rings (SSSR count). The van der Waals surface area contributed by atoms with Gasteiger partial charge < -0.3 is 15.1 Å². The molecule has 2 aromatic rings. The fourth-order valence-electron chi connectivity index (χ4n) is 2.03. The first kappa shape index (κ1) is 14.2. The summed E-state index contributed by atoms with van der Waals surface area (Å²) in [6, 6.07) is 11.7. The number of carbonyl (C=O) groups is 1. The van der Waals surface area contributed by atoms with Crippen LogP contribution in [0.25, 0.3) is 0 Å². The lowest BCUT2D eigenvalue weighted by Crippen LogP contribution is -2.18. The molecule has 1 amide bonds. The van der Waals surface area contributed by atoms with Gasteiger partial charge in [0.25, 0.3) is 5.91 Å². The lowest BCUT2D eigenvalue weighted by Gasteiger charge is -2.14. The van der Waals surface area contributed by atoms with Crippen molar-refractivity contribution in [3.05, 3.63) is 54.0 Å². The molecule has 0 aliphatic carbocycles. The van der Waals surface area contributed by atoms with Gasteiger partial charge in [-0.15, -0.1) is 0 Å². The van der Waals surface area contributed by atoms with Crippen molar-refractivity contribution in [1.82, 2.24) is 5.32 Å². The van der Waals surface area contributed by atoms with Crippen LogP contribution < -0.4 is 10.6 Å². The van der Waals surface area contributed by atoms with E-state index in [4.69, 9.17) is 4.42 Å². The standard InChI is InChI=1S/C16H20N2O2/c1-12(5-10-15-4-3-11-20-15)18-14-8-6-13(7-9-14)16(19)17-2/h3-4,6-9,11-12,18H,5,10H2,1-2H3,(H,17,19). The molecule has 0 spiro atoms. The average Bonchev–Trinajstić information content (AvgIpc) is 2.98. The highest BCUT2D eigenvalue weighted by Gasteiger charge is 2.06. The lowest BCUT2D eigenvalue weighted by atomic mass is 10.1. The normalized spacial score (nSPS) is 11.9.